The van der Waals surface area contributed by atoms with Gasteiger partial charge >= 0.3 is 0 Å². The van der Waals surface area contributed by atoms with Crippen LogP contribution in [0.15, 0.2) is 18.2 Å². The summed E-state index contributed by atoms with van der Waals surface area (Å²) in [5.74, 6) is 0.0759. The number of nitrogens with one attached hydrogen (secondary N) is 1. The molecule has 0 aliphatic carbocycles. The number of rotatable bonds is 4. The number of aromatic nitrogens is 4. The van der Waals surface area contributed by atoms with Crippen molar-refractivity contribution in [1.82, 2.24) is 19.7 Å². The molecule has 152 valence electrons. The van der Waals surface area contributed by atoms with Crippen LogP contribution in [-0.4, -0.2) is 38.3 Å². The number of halogens is 4. The number of amides is 1. The highest BCUT2D eigenvalue weighted by atomic mass is 35.5. The number of hydrogen-bond donors (Lipinski definition) is 2. The van der Waals surface area contributed by atoms with E-state index < -0.39 is 24.4 Å². The fourth-order valence-electron chi connectivity index (χ4n) is 3.37. The minimum Gasteiger partial charge on any atom is -0.383 e. The lowest BCUT2D eigenvalue weighted by molar-refractivity contribution is -0.119. The van der Waals surface area contributed by atoms with Crippen molar-refractivity contribution >= 4 is 40.0 Å². The smallest absolute Gasteiger partial charge is 0.269 e. The van der Waals surface area contributed by atoms with E-state index in [1.165, 1.54) is 10.7 Å². The molecule has 2 aromatic heterocycles. The van der Waals surface area contributed by atoms with Gasteiger partial charge < -0.3 is 11.1 Å². The molecule has 7 nitrogen and oxygen atoms in total. The number of carbonyl (C=O) groups is 1. The molecule has 1 amide bonds. The molecule has 0 bridgehead atoms. The summed E-state index contributed by atoms with van der Waals surface area (Å²) in [6.07, 6.45) is -6.13. The van der Waals surface area contributed by atoms with E-state index in [1.54, 1.807) is 26.0 Å². The van der Waals surface area contributed by atoms with Gasteiger partial charge in [-0.15, -0.1) is 0 Å². The SMILES string of the molecule is CC1(C)C(=O)Nc2nc(-n3nc(CC(F)C(F)F)c4cc(Cl)ccc43)nc(N)c21. The molecule has 1 unspecified atom stereocenters. The van der Waals surface area contributed by atoms with E-state index in [4.69, 9.17) is 17.3 Å². The Morgan fingerprint density at radius 1 is 1.28 bits per heavy atom. The van der Waals surface area contributed by atoms with Crippen LogP contribution in [0.2, 0.25) is 5.02 Å². The molecule has 0 fully saturated rings. The molecular weight excluding hydrogens is 409 g/mol. The number of nitrogen functional groups attached to an aromatic ring is 1. The highest BCUT2D eigenvalue weighted by molar-refractivity contribution is 6.31. The Bertz CT molecular complexity index is 1150. The monoisotopic (exact) mass is 424 g/mol. The lowest BCUT2D eigenvalue weighted by Gasteiger charge is -2.16. The molecule has 0 spiro atoms. The van der Waals surface area contributed by atoms with E-state index in [9.17, 15) is 18.0 Å². The molecule has 1 aromatic carbocycles. The predicted molar refractivity (Wildman–Crippen MR) is 102 cm³/mol. The average molecular weight is 425 g/mol. The molecule has 0 radical (unpaired) electrons. The summed E-state index contributed by atoms with van der Waals surface area (Å²) in [4.78, 5) is 20.8. The molecule has 0 saturated heterocycles. The molecule has 1 aliphatic rings. The Hall–Kier alpha value is -2.88. The van der Waals surface area contributed by atoms with Crippen molar-refractivity contribution < 1.29 is 18.0 Å². The number of hydrogen-bond acceptors (Lipinski definition) is 5. The van der Waals surface area contributed by atoms with Crippen LogP contribution in [0.25, 0.3) is 16.9 Å². The van der Waals surface area contributed by atoms with Gasteiger partial charge in [-0.05, 0) is 32.0 Å². The first-order chi connectivity index (χ1) is 13.6. The molecule has 0 saturated carbocycles. The lowest BCUT2D eigenvalue weighted by atomic mass is 9.87. The van der Waals surface area contributed by atoms with Gasteiger partial charge in [0.1, 0.15) is 11.6 Å². The van der Waals surface area contributed by atoms with E-state index in [0.29, 0.717) is 21.5 Å². The van der Waals surface area contributed by atoms with E-state index in [0.717, 1.165) is 0 Å². The van der Waals surface area contributed by atoms with Crippen LogP contribution in [0.3, 0.4) is 0 Å². The summed E-state index contributed by atoms with van der Waals surface area (Å²) in [7, 11) is 0. The molecule has 11 heteroatoms. The highest BCUT2D eigenvalue weighted by Gasteiger charge is 2.42. The van der Waals surface area contributed by atoms with E-state index in [-0.39, 0.29) is 29.2 Å². The van der Waals surface area contributed by atoms with Gasteiger partial charge in [0.05, 0.1) is 22.2 Å². The minimum atomic E-state index is -3.14. The number of benzene rings is 1. The van der Waals surface area contributed by atoms with Crippen molar-refractivity contribution in [2.45, 2.75) is 38.3 Å². The fraction of sp³-hybridized carbons (Fsp3) is 0.333. The quantitative estimate of drug-likeness (QED) is 0.668. The maximum atomic E-state index is 13.7. The first kappa shape index (κ1) is 19.4. The minimum absolute atomic E-state index is 0.0188. The van der Waals surface area contributed by atoms with Gasteiger partial charge in [-0.1, -0.05) is 11.6 Å². The first-order valence-corrected chi connectivity index (χ1v) is 9.06. The number of nitrogens with two attached hydrogens (primary N) is 1. The number of alkyl halides is 3. The van der Waals surface area contributed by atoms with Gasteiger partial charge in [0, 0.05) is 16.8 Å². The van der Waals surface area contributed by atoms with Crippen LogP contribution in [0, 0.1) is 0 Å². The number of fused-ring (bicyclic) bond motifs is 2. The van der Waals surface area contributed by atoms with Crippen molar-refractivity contribution in [1.29, 1.82) is 0 Å². The summed E-state index contributed by atoms with van der Waals surface area (Å²) in [5, 5.41) is 7.63. The summed E-state index contributed by atoms with van der Waals surface area (Å²) in [6.45, 7) is 3.39. The summed E-state index contributed by atoms with van der Waals surface area (Å²) in [6, 6.07) is 4.68. The van der Waals surface area contributed by atoms with Crippen LogP contribution < -0.4 is 11.1 Å². The normalized spacial score (nSPS) is 16.3. The van der Waals surface area contributed by atoms with Crippen molar-refractivity contribution in [3.05, 3.63) is 34.5 Å². The second-order valence-electron chi connectivity index (χ2n) is 7.29. The number of carbonyl (C=O) groups excluding carboxylic acids is 1. The number of anilines is 2. The molecule has 3 aromatic rings. The second kappa shape index (κ2) is 6.58. The van der Waals surface area contributed by atoms with E-state index in [1.807, 2.05) is 0 Å². The van der Waals surface area contributed by atoms with Crippen molar-refractivity contribution in [2.75, 3.05) is 11.1 Å². The molecule has 1 aliphatic heterocycles. The zero-order chi connectivity index (χ0) is 21.1. The van der Waals surface area contributed by atoms with Gasteiger partial charge in [0.15, 0.2) is 6.17 Å². The molecule has 3 N–H and O–H groups in total. The van der Waals surface area contributed by atoms with Crippen molar-refractivity contribution in [2.24, 2.45) is 0 Å². The van der Waals surface area contributed by atoms with Gasteiger partial charge in [0.2, 0.25) is 5.91 Å². The summed E-state index contributed by atoms with van der Waals surface area (Å²) < 4.78 is 40.4. The van der Waals surface area contributed by atoms with Gasteiger partial charge in [-0.25, -0.2) is 13.2 Å². The Morgan fingerprint density at radius 2 is 2.00 bits per heavy atom. The standard InChI is InChI=1S/C18H16ClF3N6O/c1-18(2)12-14(23)24-17(26-15(12)25-16(18)29)28-11-4-3-7(19)5-8(11)10(27-28)6-9(20)13(21)22/h3-5,9,13H,6H2,1-2H3,(H3,23,24,25,26,29). The van der Waals surface area contributed by atoms with Crippen molar-refractivity contribution in [3.8, 4) is 5.95 Å². The van der Waals surface area contributed by atoms with E-state index in [2.05, 4.69) is 20.4 Å². The fourth-order valence-corrected chi connectivity index (χ4v) is 3.55. The first-order valence-electron chi connectivity index (χ1n) is 8.68. The third-order valence-corrected chi connectivity index (χ3v) is 5.15. The Morgan fingerprint density at radius 3 is 2.69 bits per heavy atom. The summed E-state index contributed by atoms with van der Waals surface area (Å²) in [5.41, 5.74) is 6.17. The second-order valence-corrected chi connectivity index (χ2v) is 7.72. The Balaban J connectivity index is 1.89. The van der Waals surface area contributed by atoms with Gasteiger partial charge in [-0.2, -0.15) is 19.7 Å². The zero-order valence-electron chi connectivity index (χ0n) is 15.4. The lowest BCUT2D eigenvalue weighted by Crippen LogP contribution is -2.27. The van der Waals surface area contributed by atoms with Crippen LogP contribution in [0.4, 0.5) is 24.8 Å². The van der Waals surface area contributed by atoms with Crippen LogP contribution in [-0.2, 0) is 16.6 Å². The third-order valence-electron chi connectivity index (χ3n) is 4.92. The molecular formula is C18H16ClF3N6O. The molecule has 3 heterocycles. The largest absolute Gasteiger partial charge is 0.383 e. The number of nitrogens with zero attached hydrogens (tertiary/aromatic N) is 4. The zero-order valence-corrected chi connectivity index (χ0v) is 16.1. The maximum Gasteiger partial charge on any atom is 0.269 e. The summed E-state index contributed by atoms with van der Waals surface area (Å²) >= 11 is 6.02. The van der Waals surface area contributed by atoms with E-state index >= 15 is 0 Å². The van der Waals surface area contributed by atoms with Gasteiger partial charge in [-0.3, -0.25) is 4.79 Å². The van der Waals surface area contributed by atoms with Crippen LogP contribution in [0.1, 0.15) is 25.1 Å². The van der Waals surface area contributed by atoms with Gasteiger partial charge in [0.25, 0.3) is 12.4 Å². The van der Waals surface area contributed by atoms with Crippen LogP contribution in [0.5, 0.6) is 0 Å². The molecule has 1 atom stereocenters. The predicted octanol–water partition coefficient (Wildman–Crippen LogP) is 3.43. The Labute approximate surface area is 168 Å². The van der Waals surface area contributed by atoms with Crippen molar-refractivity contribution in [3.63, 3.8) is 0 Å². The average Bonchev–Trinajstić information content (AvgIpc) is 3.09. The topological polar surface area (TPSA) is 98.7 Å². The highest BCUT2D eigenvalue weighted by Crippen LogP contribution is 2.39. The van der Waals surface area contributed by atoms with Crippen LogP contribution >= 0.6 is 11.6 Å². The molecule has 4 rings (SSSR count). The molecule has 29 heavy (non-hydrogen) atoms. The third kappa shape index (κ3) is 3.07. The maximum absolute atomic E-state index is 13.7. The Kier molecular flexibility index (Phi) is 4.41.